The minimum atomic E-state index is -0.735. The standard InChI is InChI=1S/C20H24N4O4/c1-4-9-24(12-18(25)23-16-8-6-5-7-14(16)2)19(26)13-28-20(27)17-11-21-15(3)10-22-17/h5-8,10-11H,4,9,12-13H2,1-3H3,(H,23,25). The third-order valence-corrected chi connectivity index (χ3v) is 3.92. The number of rotatable bonds is 8. The maximum absolute atomic E-state index is 12.4. The lowest BCUT2D eigenvalue weighted by Crippen LogP contribution is -2.40. The first kappa shape index (κ1) is 21.0. The van der Waals surface area contributed by atoms with Crippen LogP contribution in [0.1, 0.15) is 35.1 Å². The third kappa shape index (κ3) is 6.15. The molecule has 0 bridgehead atoms. The first-order valence-corrected chi connectivity index (χ1v) is 8.99. The quantitative estimate of drug-likeness (QED) is 0.700. The molecule has 0 aliphatic heterocycles. The predicted molar refractivity (Wildman–Crippen MR) is 104 cm³/mol. The van der Waals surface area contributed by atoms with Gasteiger partial charge in [-0.1, -0.05) is 25.1 Å². The molecule has 1 aromatic carbocycles. The van der Waals surface area contributed by atoms with E-state index >= 15 is 0 Å². The van der Waals surface area contributed by atoms with Crippen LogP contribution >= 0.6 is 0 Å². The number of carbonyl (C=O) groups is 3. The molecule has 0 atom stereocenters. The van der Waals surface area contributed by atoms with E-state index in [0.29, 0.717) is 24.3 Å². The van der Waals surface area contributed by atoms with E-state index < -0.39 is 18.5 Å². The lowest BCUT2D eigenvalue weighted by Gasteiger charge is -2.21. The van der Waals surface area contributed by atoms with Crippen LogP contribution in [0, 0.1) is 13.8 Å². The molecule has 2 rings (SSSR count). The van der Waals surface area contributed by atoms with Crippen LogP contribution in [0.4, 0.5) is 5.69 Å². The van der Waals surface area contributed by atoms with Gasteiger partial charge < -0.3 is 15.0 Å². The Balaban J connectivity index is 1.91. The zero-order valence-electron chi connectivity index (χ0n) is 16.3. The van der Waals surface area contributed by atoms with Crippen LogP contribution in [-0.4, -0.2) is 52.3 Å². The number of aryl methyl sites for hydroxylation is 2. The lowest BCUT2D eigenvalue weighted by molar-refractivity contribution is -0.137. The number of para-hydroxylation sites is 1. The second-order valence-electron chi connectivity index (χ2n) is 6.30. The van der Waals surface area contributed by atoms with E-state index in [1.165, 1.54) is 17.3 Å². The van der Waals surface area contributed by atoms with Gasteiger partial charge in [0.25, 0.3) is 5.91 Å². The fraction of sp³-hybridized carbons (Fsp3) is 0.350. The summed E-state index contributed by atoms with van der Waals surface area (Å²) in [7, 11) is 0. The van der Waals surface area contributed by atoms with Gasteiger partial charge in [-0.2, -0.15) is 0 Å². The molecule has 2 aromatic rings. The summed E-state index contributed by atoms with van der Waals surface area (Å²) in [5.41, 5.74) is 2.32. The van der Waals surface area contributed by atoms with Crippen molar-refractivity contribution in [3.05, 3.63) is 53.6 Å². The van der Waals surface area contributed by atoms with Crippen molar-refractivity contribution in [2.75, 3.05) is 25.0 Å². The van der Waals surface area contributed by atoms with Crippen molar-refractivity contribution in [1.82, 2.24) is 14.9 Å². The van der Waals surface area contributed by atoms with Crippen molar-refractivity contribution in [1.29, 1.82) is 0 Å². The molecule has 1 heterocycles. The Kier molecular flexibility index (Phi) is 7.62. The number of anilines is 1. The van der Waals surface area contributed by atoms with Crippen molar-refractivity contribution in [3.8, 4) is 0 Å². The number of esters is 1. The highest BCUT2D eigenvalue weighted by atomic mass is 16.5. The molecule has 28 heavy (non-hydrogen) atoms. The number of nitrogens with one attached hydrogen (secondary N) is 1. The molecule has 8 heteroatoms. The van der Waals surface area contributed by atoms with E-state index in [-0.39, 0.29) is 18.1 Å². The highest BCUT2D eigenvalue weighted by Gasteiger charge is 2.19. The van der Waals surface area contributed by atoms with Crippen molar-refractivity contribution in [2.45, 2.75) is 27.2 Å². The molecule has 1 N–H and O–H groups in total. The first-order chi connectivity index (χ1) is 13.4. The highest BCUT2D eigenvalue weighted by Crippen LogP contribution is 2.13. The Morgan fingerprint density at radius 1 is 1.11 bits per heavy atom. The fourth-order valence-corrected chi connectivity index (χ4v) is 2.43. The summed E-state index contributed by atoms with van der Waals surface area (Å²) in [4.78, 5) is 45.9. The van der Waals surface area contributed by atoms with Crippen molar-refractivity contribution in [3.63, 3.8) is 0 Å². The van der Waals surface area contributed by atoms with E-state index in [0.717, 1.165) is 5.56 Å². The Bertz CT molecular complexity index is 836. The molecule has 8 nitrogen and oxygen atoms in total. The Labute approximate surface area is 163 Å². The maximum Gasteiger partial charge on any atom is 0.359 e. The van der Waals surface area contributed by atoms with Gasteiger partial charge in [0.1, 0.15) is 0 Å². The monoisotopic (exact) mass is 384 g/mol. The average molecular weight is 384 g/mol. The van der Waals surface area contributed by atoms with Crippen LogP contribution in [0.2, 0.25) is 0 Å². The van der Waals surface area contributed by atoms with Gasteiger partial charge in [0.05, 0.1) is 18.4 Å². The van der Waals surface area contributed by atoms with Crippen LogP contribution in [-0.2, 0) is 14.3 Å². The number of hydrogen-bond donors (Lipinski definition) is 1. The summed E-state index contributed by atoms with van der Waals surface area (Å²) in [6.45, 7) is 5.32. The van der Waals surface area contributed by atoms with Gasteiger partial charge in [-0.25, -0.2) is 9.78 Å². The van der Waals surface area contributed by atoms with Crippen LogP contribution in [0.5, 0.6) is 0 Å². The van der Waals surface area contributed by atoms with Gasteiger partial charge >= 0.3 is 5.97 Å². The molecule has 0 unspecified atom stereocenters. The van der Waals surface area contributed by atoms with Crippen LogP contribution in [0.3, 0.4) is 0 Å². The summed E-state index contributed by atoms with van der Waals surface area (Å²) < 4.78 is 5.01. The lowest BCUT2D eigenvalue weighted by atomic mass is 10.2. The maximum atomic E-state index is 12.4. The zero-order chi connectivity index (χ0) is 20.5. The van der Waals surface area contributed by atoms with Crippen molar-refractivity contribution < 1.29 is 19.1 Å². The predicted octanol–water partition coefficient (Wildman–Crippen LogP) is 2.13. The molecule has 0 aliphatic rings. The SMILES string of the molecule is CCCN(CC(=O)Nc1ccccc1C)C(=O)COC(=O)c1cnc(C)cn1. The third-order valence-electron chi connectivity index (χ3n) is 3.92. The van der Waals surface area contributed by atoms with Gasteiger partial charge in [0.15, 0.2) is 12.3 Å². The van der Waals surface area contributed by atoms with Gasteiger partial charge in [-0.3, -0.25) is 14.6 Å². The summed E-state index contributed by atoms with van der Waals surface area (Å²) in [6.07, 6.45) is 3.40. The minimum Gasteiger partial charge on any atom is -0.451 e. The molecule has 0 saturated carbocycles. The van der Waals surface area contributed by atoms with Crippen LogP contribution in [0.15, 0.2) is 36.7 Å². The topological polar surface area (TPSA) is 101 Å². The first-order valence-electron chi connectivity index (χ1n) is 8.99. The number of benzene rings is 1. The Hall–Kier alpha value is -3.29. The molecule has 0 radical (unpaired) electrons. The number of ether oxygens (including phenoxy) is 1. The fourth-order valence-electron chi connectivity index (χ4n) is 2.43. The molecular formula is C20H24N4O4. The van der Waals surface area contributed by atoms with E-state index in [1.54, 1.807) is 13.0 Å². The van der Waals surface area contributed by atoms with Gasteiger partial charge in [0, 0.05) is 18.4 Å². The molecule has 2 amide bonds. The largest absolute Gasteiger partial charge is 0.451 e. The second kappa shape index (κ2) is 10.1. The summed E-state index contributed by atoms with van der Waals surface area (Å²) in [6, 6.07) is 7.39. The van der Waals surface area contributed by atoms with Crippen LogP contribution < -0.4 is 5.32 Å². The number of amides is 2. The molecule has 0 fully saturated rings. The van der Waals surface area contributed by atoms with E-state index in [2.05, 4.69) is 15.3 Å². The Morgan fingerprint density at radius 3 is 2.50 bits per heavy atom. The molecule has 0 saturated heterocycles. The van der Waals surface area contributed by atoms with Crippen molar-refractivity contribution in [2.24, 2.45) is 0 Å². The number of nitrogens with zero attached hydrogens (tertiary/aromatic N) is 3. The van der Waals surface area contributed by atoms with Crippen molar-refractivity contribution >= 4 is 23.5 Å². The van der Waals surface area contributed by atoms with E-state index in [9.17, 15) is 14.4 Å². The molecule has 0 aliphatic carbocycles. The Morgan fingerprint density at radius 2 is 1.86 bits per heavy atom. The summed E-state index contributed by atoms with van der Waals surface area (Å²) in [5, 5.41) is 2.79. The van der Waals surface area contributed by atoms with Gasteiger partial charge in [-0.15, -0.1) is 0 Å². The second-order valence-corrected chi connectivity index (χ2v) is 6.30. The smallest absolute Gasteiger partial charge is 0.359 e. The number of aromatic nitrogens is 2. The minimum absolute atomic E-state index is 0.0257. The molecular weight excluding hydrogens is 360 g/mol. The summed E-state index contributed by atoms with van der Waals surface area (Å²) in [5.74, 6) is -1.50. The average Bonchev–Trinajstić information content (AvgIpc) is 2.68. The zero-order valence-corrected chi connectivity index (χ0v) is 16.3. The molecule has 0 spiro atoms. The number of hydrogen-bond acceptors (Lipinski definition) is 6. The molecule has 1 aromatic heterocycles. The van der Waals surface area contributed by atoms with Gasteiger partial charge in [0.2, 0.25) is 5.91 Å². The highest BCUT2D eigenvalue weighted by molar-refractivity contribution is 5.95. The summed E-state index contributed by atoms with van der Waals surface area (Å²) >= 11 is 0. The van der Waals surface area contributed by atoms with E-state index in [4.69, 9.17) is 4.74 Å². The number of carbonyl (C=O) groups excluding carboxylic acids is 3. The normalized spacial score (nSPS) is 10.2. The van der Waals surface area contributed by atoms with Crippen LogP contribution in [0.25, 0.3) is 0 Å². The molecule has 148 valence electrons. The van der Waals surface area contributed by atoms with Gasteiger partial charge in [-0.05, 0) is 31.9 Å². The van der Waals surface area contributed by atoms with E-state index in [1.807, 2.05) is 32.0 Å².